The zero-order valence-electron chi connectivity index (χ0n) is 12.9. The molecule has 6 nitrogen and oxygen atoms in total. The fourth-order valence-electron chi connectivity index (χ4n) is 2.03. The van der Waals surface area contributed by atoms with Gasteiger partial charge < -0.3 is 4.18 Å². The first kappa shape index (κ1) is 17.8. The maximum atomic E-state index is 12.0. The predicted octanol–water partition coefficient (Wildman–Crippen LogP) is 3.42. The normalized spacial score (nSPS) is 11.4. The van der Waals surface area contributed by atoms with E-state index in [1.165, 1.54) is 11.8 Å². The molecule has 0 amide bonds. The second-order valence-electron chi connectivity index (χ2n) is 4.97. The molecule has 0 unspecified atom stereocenters. The Morgan fingerprint density at radius 2 is 1.92 bits per heavy atom. The van der Waals surface area contributed by atoms with E-state index in [1.54, 1.807) is 53.4 Å². The van der Waals surface area contributed by atoms with E-state index in [0.29, 0.717) is 15.9 Å². The molecule has 130 valence electrons. The molecule has 9 heteroatoms. The lowest BCUT2D eigenvalue weighted by molar-refractivity contribution is 0.488. The van der Waals surface area contributed by atoms with Crippen LogP contribution in [0.2, 0.25) is 5.02 Å². The van der Waals surface area contributed by atoms with Gasteiger partial charge in [-0.05, 0) is 30.3 Å². The molecule has 0 spiro atoms. The second-order valence-corrected chi connectivity index (χ2v) is 8.16. The van der Waals surface area contributed by atoms with Crippen LogP contribution in [-0.4, -0.2) is 34.7 Å². The average molecular weight is 396 g/mol. The third kappa shape index (κ3) is 4.97. The molecule has 0 aliphatic carbocycles. The van der Waals surface area contributed by atoms with E-state index in [9.17, 15) is 8.42 Å². The zero-order valence-corrected chi connectivity index (χ0v) is 15.3. The van der Waals surface area contributed by atoms with E-state index in [4.69, 9.17) is 15.8 Å². The van der Waals surface area contributed by atoms with Crippen LogP contribution in [0.3, 0.4) is 0 Å². The van der Waals surface area contributed by atoms with Crippen LogP contribution in [-0.2, 0) is 10.1 Å². The number of nitrogens with zero attached hydrogens (tertiary/aromatic N) is 3. The summed E-state index contributed by atoms with van der Waals surface area (Å²) < 4.78 is 30.9. The molecular formula is C16H14ClN3O3S2. The number of benzene rings is 2. The fourth-order valence-corrected chi connectivity index (χ4v) is 4.43. The first-order valence-electron chi connectivity index (χ1n) is 7.29. The van der Waals surface area contributed by atoms with E-state index in [1.807, 2.05) is 12.1 Å². The van der Waals surface area contributed by atoms with Crippen LogP contribution in [0.1, 0.15) is 0 Å². The molecule has 0 saturated carbocycles. The predicted molar refractivity (Wildman–Crippen MR) is 97.9 cm³/mol. The van der Waals surface area contributed by atoms with Crippen molar-refractivity contribution in [1.29, 1.82) is 0 Å². The van der Waals surface area contributed by atoms with Crippen molar-refractivity contribution in [2.24, 2.45) is 0 Å². The van der Waals surface area contributed by atoms with Crippen molar-refractivity contribution in [2.45, 2.75) is 5.16 Å². The Kier molecular flexibility index (Phi) is 5.62. The number of rotatable bonds is 7. The van der Waals surface area contributed by atoms with Crippen LogP contribution in [0.25, 0.3) is 5.69 Å². The quantitative estimate of drug-likeness (QED) is 0.450. The molecule has 0 aliphatic heterocycles. The van der Waals surface area contributed by atoms with Crippen LogP contribution < -0.4 is 4.18 Å². The van der Waals surface area contributed by atoms with Gasteiger partial charge in [-0.25, -0.2) is 0 Å². The number of hydrogen-bond donors (Lipinski definition) is 0. The van der Waals surface area contributed by atoms with Gasteiger partial charge in [-0.2, -0.15) is 8.42 Å². The highest BCUT2D eigenvalue weighted by Gasteiger charge is 2.15. The van der Waals surface area contributed by atoms with E-state index in [-0.39, 0.29) is 11.5 Å². The van der Waals surface area contributed by atoms with Gasteiger partial charge in [0.15, 0.2) is 5.16 Å². The largest absolute Gasteiger partial charge is 0.382 e. The molecule has 0 aliphatic rings. The molecular weight excluding hydrogens is 382 g/mol. The first-order chi connectivity index (χ1) is 12.0. The number of hydrogen-bond acceptors (Lipinski definition) is 6. The van der Waals surface area contributed by atoms with Crippen molar-refractivity contribution in [3.8, 4) is 11.4 Å². The third-order valence-corrected chi connectivity index (χ3v) is 5.72. The molecule has 0 atom stereocenters. The Hall–Kier alpha value is -2.03. The van der Waals surface area contributed by atoms with Crippen LogP contribution in [0.15, 0.2) is 66.1 Å². The van der Waals surface area contributed by atoms with Gasteiger partial charge in [-0.3, -0.25) is 4.57 Å². The average Bonchev–Trinajstić information content (AvgIpc) is 3.03. The highest BCUT2D eigenvalue weighted by atomic mass is 35.5. The molecule has 3 aromatic rings. The fraction of sp³-hybridized carbons (Fsp3) is 0.125. The summed E-state index contributed by atoms with van der Waals surface area (Å²) in [6.07, 6.45) is 1.56. The van der Waals surface area contributed by atoms with Gasteiger partial charge in [0.2, 0.25) is 0 Å². The molecule has 1 heterocycles. The summed E-state index contributed by atoms with van der Waals surface area (Å²) >= 11 is 7.28. The van der Waals surface area contributed by atoms with Crippen LogP contribution in [0, 0.1) is 0 Å². The standard InChI is InChI=1S/C16H14ClN3O3S2/c17-13-5-4-6-14(11-13)20-12-18-19-16(20)24-9-10-25(21,22)23-15-7-2-1-3-8-15/h1-8,11-12H,9-10H2. The van der Waals surface area contributed by atoms with Crippen molar-refractivity contribution in [1.82, 2.24) is 14.8 Å². The maximum absolute atomic E-state index is 12.0. The van der Waals surface area contributed by atoms with Gasteiger partial charge >= 0.3 is 10.1 Å². The smallest absolute Gasteiger partial charge is 0.310 e. The van der Waals surface area contributed by atoms with Crippen molar-refractivity contribution in [3.63, 3.8) is 0 Å². The van der Waals surface area contributed by atoms with Crippen molar-refractivity contribution >= 4 is 33.5 Å². The number of halogens is 1. The van der Waals surface area contributed by atoms with Gasteiger partial charge in [-0.15, -0.1) is 10.2 Å². The molecule has 1 aromatic heterocycles. The molecule has 0 radical (unpaired) electrons. The Morgan fingerprint density at radius 1 is 1.12 bits per heavy atom. The lowest BCUT2D eigenvalue weighted by atomic mass is 10.3. The van der Waals surface area contributed by atoms with Crippen LogP contribution in [0.5, 0.6) is 5.75 Å². The summed E-state index contributed by atoms with van der Waals surface area (Å²) in [5.41, 5.74) is 0.809. The lowest BCUT2D eigenvalue weighted by Crippen LogP contribution is -2.15. The van der Waals surface area contributed by atoms with Gasteiger partial charge in [-0.1, -0.05) is 47.6 Å². The summed E-state index contributed by atoms with van der Waals surface area (Å²) in [6, 6.07) is 15.7. The number of aromatic nitrogens is 3. The van der Waals surface area contributed by atoms with Crippen LogP contribution in [0.4, 0.5) is 0 Å². The molecule has 0 fully saturated rings. The highest BCUT2D eigenvalue weighted by molar-refractivity contribution is 8.00. The summed E-state index contributed by atoms with van der Waals surface area (Å²) in [4.78, 5) is 0. The Bertz CT molecular complexity index is 946. The molecule has 0 N–H and O–H groups in total. The van der Waals surface area contributed by atoms with E-state index < -0.39 is 10.1 Å². The summed E-state index contributed by atoms with van der Waals surface area (Å²) in [7, 11) is -3.67. The molecule has 0 bridgehead atoms. The highest BCUT2D eigenvalue weighted by Crippen LogP contribution is 2.22. The van der Waals surface area contributed by atoms with Gasteiger partial charge in [0.05, 0.1) is 11.4 Å². The molecule has 0 saturated heterocycles. The molecule has 2 aromatic carbocycles. The third-order valence-electron chi connectivity index (χ3n) is 3.13. The minimum Gasteiger partial charge on any atom is -0.382 e. The van der Waals surface area contributed by atoms with E-state index >= 15 is 0 Å². The van der Waals surface area contributed by atoms with Gasteiger partial charge in [0, 0.05) is 10.8 Å². The Morgan fingerprint density at radius 3 is 2.68 bits per heavy atom. The van der Waals surface area contributed by atoms with Crippen molar-refractivity contribution in [2.75, 3.05) is 11.5 Å². The van der Waals surface area contributed by atoms with E-state index in [2.05, 4.69) is 10.2 Å². The topological polar surface area (TPSA) is 74.1 Å². The molecule has 3 rings (SSSR count). The minimum absolute atomic E-state index is 0.144. The summed E-state index contributed by atoms with van der Waals surface area (Å²) in [6.45, 7) is 0. The zero-order chi connectivity index (χ0) is 17.7. The Labute approximate surface area is 154 Å². The summed E-state index contributed by atoms with van der Waals surface area (Å²) in [5, 5.41) is 9.08. The lowest BCUT2D eigenvalue weighted by Gasteiger charge is -2.08. The van der Waals surface area contributed by atoms with Crippen LogP contribution >= 0.6 is 23.4 Å². The van der Waals surface area contributed by atoms with E-state index in [0.717, 1.165) is 5.69 Å². The monoisotopic (exact) mass is 395 g/mol. The number of thioether (sulfide) groups is 1. The van der Waals surface area contributed by atoms with Gasteiger partial charge in [0.1, 0.15) is 12.1 Å². The minimum atomic E-state index is -3.67. The Balaban J connectivity index is 1.62. The van der Waals surface area contributed by atoms with Gasteiger partial charge in [0.25, 0.3) is 0 Å². The number of para-hydroxylation sites is 1. The van der Waals surface area contributed by atoms with Crippen molar-refractivity contribution < 1.29 is 12.6 Å². The molecule has 25 heavy (non-hydrogen) atoms. The summed E-state index contributed by atoms with van der Waals surface area (Å²) in [5.74, 6) is 0.443. The first-order valence-corrected chi connectivity index (χ1v) is 10.2. The maximum Gasteiger partial charge on any atom is 0.310 e. The second kappa shape index (κ2) is 7.90. The SMILES string of the molecule is O=S(=O)(CCSc1nncn1-c1cccc(Cl)c1)Oc1ccccc1. The van der Waals surface area contributed by atoms with Crippen molar-refractivity contribution in [3.05, 3.63) is 65.9 Å².